The molecule has 0 saturated carbocycles. The summed E-state index contributed by atoms with van der Waals surface area (Å²) in [5.41, 5.74) is 2.90. The fourth-order valence-electron chi connectivity index (χ4n) is 4.76. The highest BCUT2D eigenvalue weighted by atomic mass is 32.1. The molecular weight excluding hydrogens is 432 g/mol. The Balaban J connectivity index is 1.50. The first kappa shape index (κ1) is 28.7. The summed E-state index contributed by atoms with van der Waals surface area (Å²) >= 11 is 4.67. The molecule has 0 saturated heterocycles. The van der Waals surface area contributed by atoms with Gasteiger partial charge in [0.2, 0.25) is 0 Å². The topological polar surface area (TPSA) is 17.1 Å². The van der Waals surface area contributed by atoms with Crippen LogP contribution in [0.5, 0.6) is 0 Å². The zero-order chi connectivity index (χ0) is 24.3. The second-order valence-corrected chi connectivity index (χ2v) is 10.5. The molecule has 0 aliphatic carbocycles. The van der Waals surface area contributed by atoms with Crippen LogP contribution in [0.1, 0.15) is 126 Å². The Morgan fingerprint density at radius 3 is 1.59 bits per heavy atom. The molecule has 2 heteroatoms. The van der Waals surface area contributed by atoms with Gasteiger partial charge in [0, 0.05) is 5.56 Å². The fourth-order valence-corrected chi connectivity index (χ4v) is 5.09. The van der Waals surface area contributed by atoms with Gasteiger partial charge in [-0.05, 0) is 17.5 Å². The summed E-state index contributed by atoms with van der Waals surface area (Å²) in [4.78, 5) is 13.1. The van der Waals surface area contributed by atoms with Gasteiger partial charge in [0.25, 0.3) is 0 Å². The summed E-state index contributed by atoms with van der Waals surface area (Å²) in [5, 5.41) is -0.212. The van der Waals surface area contributed by atoms with Crippen molar-refractivity contribution in [2.24, 2.45) is 0 Å². The van der Waals surface area contributed by atoms with Gasteiger partial charge < -0.3 is 0 Å². The van der Waals surface area contributed by atoms with Crippen molar-refractivity contribution in [2.45, 2.75) is 121 Å². The van der Waals surface area contributed by atoms with E-state index in [0.717, 1.165) is 29.5 Å². The lowest BCUT2D eigenvalue weighted by Crippen LogP contribution is -2.15. The standard InChI is InChI=1S/C32H48OS/c1-2-3-4-5-6-7-8-9-10-11-12-13-14-15-16-20-27-31(34)32(33)30-26-22-21-25-29(30)28-23-18-17-19-24-28/h17-19,21-26,31,34H,2-16,20,27H2,1H3. The van der Waals surface area contributed by atoms with Gasteiger partial charge in [0.1, 0.15) is 0 Å². The van der Waals surface area contributed by atoms with Crippen LogP contribution in [0.15, 0.2) is 54.6 Å². The number of carbonyl (C=O) groups is 1. The normalized spacial score (nSPS) is 12.1. The van der Waals surface area contributed by atoms with E-state index in [0.29, 0.717) is 0 Å². The second kappa shape index (κ2) is 18.7. The Labute approximate surface area is 215 Å². The molecule has 1 atom stereocenters. The molecule has 0 bridgehead atoms. The Morgan fingerprint density at radius 2 is 1.06 bits per heavy atom. The van der Waals surface area contributed by atoms with Crippen LogP contribution < -0.4 is 0 Å². The van der Waals surface area contributed by atoms with Crippen molar-refractivity contribution in [1.29, 1.82) is 0 Å². The van der Waals surface area contributed by atoms with E-state index in [1.807, 2.05) is 42.5 Å². The first-order valence-corrected chi connectivity index (χ1v) is 14.6. The van der Waals surface area contributed by atoms with Crippen molar-refractivity contribution >= 4 is 18.4 Å². The molecule has 1 nitrogen and oxygen atoms in total. The van der Waals surface area contributed by atoms with Gasteiger partial charge in [-0.2, -0.15) is 12.6 Å². The molecular formula is C32H48OS. The summed E-state index contributed by atoms with van der Waals surface area (Å²) in [5.74, 6) is 0.156. The minimum atomic E-state index is -0.212. The first-order chi connectivity index (χ1) is 16.7. The van der Waals surface area contributed by atoms with Gasteiger partial charge in [-0.1, -0.05) is 164 Å². The molecule has 0 aromatic heterocycles. The molecule has 0 aliphatic rings. The first-order valence-electron chi connectivity index (χ1n) is 14.1. The van der Waals surface area contributed by atoms with Crippen molar-refractivity contribution < 1.29 is 4.79 Å². The molecule has 2 aromatic carbocycles. The van der Waals surface area contributed by atoms with Crippen LogP contribution in [0.25, 0.3) is 11.1 Å². The van der Waals surface area contributed by atoms with E-state index in [-0.39, 0.29) is 11.0 Å². The van der Waals surface area contributed by atoms with Crippen LogP contribution in [-0.4, -0.2) is 11.0 Å². The third-order valence-electron chi connectivity index (χ3n) is 6.91. The highest BCUT2D eigenvalue weighted by Gasteiger charge is 2.19. The van der Waals surface area contributed by atoms with E-state index in [2.05, 4.69) is 31.7 Å². The number of unbranched alkanes of at least 4 members (excludes halogenated alkanes) is 15. The summed E-state index contributed by atoms with van der Waals surface area (Å²) in [6, 6.07) is 18.1. The number of hydrogen-bond acceptors (Lipinski definition) is 2. The molecule has 0 fully saturated rings. The minimum absolute atomic E-state index is 0.156. The molecule has 0 heterocycles. The number of hydrogen-bond donors (Lipinski definition) is 1. The molecule has 2 aromatic rings. The smallest absolute Gasteiger partial charge is 0.176 e. The SMILES string of the molecule is CCCCCCCCCCCCCCCCCCC(S)C(=O)c1ccccc1-c1ccccc1. The van der Waals surface area contributed by atoms with Gasteiger partial charge in [0.05, 0.1) is 5.25 Å². The monoisotopic (exact) mass is 480 g/mol. The highest BCUT2D eigenvalue weighted by Crippen LogP contribution is 2.26. The third kappa shape index (κ3) is 11.7. The molecule has 1 unspecified atom stereocenters. The number of carbonyl (C=O) groups excluding carboxylic acids is 1. The highest BCUT2D eigenvalue weighted by molar-refractivity contribution is 7.81. The lowest BCUT2D eigenvalue weighted by molar-refractivity contribution is 0.0987. The van der Waals surface area contributed by atoms with E-state index in [1.54, 1.807) is 0 Å². The van der Waals surface area contributed by atoms with Crippen molar-refractivity contribution in [2.75, 3.05) is 0 Å². The summed E-state index contributed by atoms with van der Waals surface area (Å²) in [6.45, 7) is 2.29. The number of Topliss-reactive ketones (excluding diaryl/α,β-unsaturated/α-hetero) is 1. The lowest BCUT2D eigenvalue weighted by atomic mass is 9.94. The predicted octanol–water partition coefficient (Wildman–Crippen LogP) is 10.5. The maximum Gasteiger partial charge on any atom is 0.176 e. The summed E-state index contributed by atoms with van der Waals surface area (Å²) in [6.07, 6.45) is 22.7. The van der Waals surface area contributed by atoms with E-state index in [1.165, 1.54) is 96.3 Å². The van der Waals surface area contributed by atoms with Crippen LogP contribution in [0.4, 0.5) is 0 Å². The molecule has 34 heavy (non-hydrogen) atoms. The third-order valence-corrected chi connectivity index (χ3v) is 7.40. The Bertz CT molecular complexity index is 770. The number of thiol groups is 1. The van der Waals surface area contributed by atoms with Gasteiger partial charge in [0.15, 0.2) is 5.78 Å². The average molecular weight is 481 g/mol. The van der Waals surface area contributed by atoms with Gasteiger partial charge >= 0.3 is 0 Å². The Morgan fingerprint density at radius 1 is 0.618 bits per heavy atom. The van der Waals surface area contributed by atoms with E-state index >= 15 is 0 Å². The lowest BCUT2D eigenvalue weighted by Gasteiger charge is -2.13. The number of ketones is 1. The molecule has 0 amide bonds. The quantitative estimate of drug-likeness (QED) is 0.113. The van der Waals surface area contributed by atoms with E-state index in [4.69, 9.17) is 0 Å². The van der Waals surface area contributed by atoms with Crippen LogP contribution >= 0.6 is 12.6 Å². The van der Waals surface area contributed by atoms with Crippen LogP contribution in [0, 0.1) is 0 Å². The van der Waals surface area contributed by atoms with Crippen LogP contribution in [0.3, 0.4) is 0 Å². The van der Waals surface area contributed by atoms with Gasteiger partial charge in [-0.25, -0.2) is 0 Å². The average Bonchev–Trinajstić information content (AvgIpc) is 2.88. The number of rotatable bonds is 20. The van der Waals surface area contributed by atoms with Crippen molar-refractivity contribution in [3.05, 3.63) is 60.2 Å². The Kier molecular flexibility index (Phi) is 15.8. The van der Waals surface area contributed by atoms with Gasteiger partial charge in [-0.3, -0.25) is 4.79 Å². The van der Waals surface area contributed by atoms with Gasteiger partial charge in [-0.15, -0.1) is 0 Å². The fraction of sp³-hybridized carbons (Fsp3) is 0.594. The van der Waals surface area contributed by atoms with Crippen LogP contribution in [0.2, 0.25) is 0 Å². The second-order valence-electron chi connectivity index (χ2n) is 9.88. The minimum Gasteiger partial charge on any atom is -0.293 e. The summed E-state index contributed by atoms with van der Waals surface area (Å²) in [7, 11) is 0. The molecule has 0 spiro atoms. The van der Waals surface area contributed by atoms with Crippen molar-refractivity contribution in [3.8, 4) is 11.1 Å². The maximum atomic E-state index is 13.1. The van der Waals surface area contributed by atoms with Crippen molar-refractivity contribution in [3.63, 3.8) is 0 Å². The zero-order valence-electron chi connectivity index (χ0n) is 21.6. The molecule has 0 radical (unpaired) electrons. The zero-order valence-corrected chi connectivity index (χ0v) is 22.5. The predicted molar refractivity (Wildman–Crippen MR) is 153 cm³/mol. The van der Waals surface area contributed by atoms with Crippen molar-refractivity contribution in [1.82, 2.24) is 0 Å². The molecule has 2 rings (SSSR count). The maximum absolute atomic E-state index is 13.1. The Hall–Kier alpha value is -1.54. The number of benzene rings is 2. The molecule has 0 aliphatic heterocycles. The summed E-state index contributed by atoms with van der Waals surface area (Å²) < 4.78 is 0. The van der Waals surface area contributed by atoms with E-state index < -0.39 is 0 Å². The largest absolute Gasteiger partial charge is 0.293 e. The van der Waals surface area contributed by atoms with E-state index in [9.17, 15) is 4.79 Å². The van der Waals surface area contributed by atoms with Crippen LogP contribution in [-0.2, 0) is 0 Å². The molecule has 0 N–H and O–H groups in total. The molecule has 188 valence electrons.